The highest BCUT2D eigenvalue weighted by Gasteiger charge is 2.21. The van der Waals surface area contributed by atoms with Crippen LogP contribution in [0, 0.1) is 6.92 Å². The molecule has 0 saturated carbocycles. The third-order valence-corrected chi connectivity index (χ3v) is 7.98. The number of anilines is 2. The summed E-state index contributed by atoms with van der Waals surface area (Å²) in [4.78, 5) is 40.9. The van der Waals surface area contributed by atoms with Crippen LogP contribution in [0.15, 0.2) is 47.9 Å². The van der Waals surface area contributed by atoms with Crippen LogP contribution in [-0.2, 0) is 13.0 Å². The summed E-state index contributed by atoms with van der Waals surface area (Å²) in [5.74, 6) is 0.700. The number of carbonyl (C=O) groups is 1. The summed E-state index contributed by atoms with van der Waals surface area (Å²) < 4.78 is 0. The standard InChI is InChI=1S/C33H44N6O2/c1-8-10-25-17-23(5)36-33(41)29(25)21-35-32(40)28-18-26(19-30(27(28)9-2)38(7)22(3)4)24-11-12-34-31(20-24)39-15-13-37(6)14-16-39/h9,11-12,17-20,22H,2,8,10,13-16,21H2,1,3-7H3,(H,35,40)(H,36,41). The molecule has 8 nitrogen and oxygen atoms in total. The molecule has 3 heterocycles. The van der Waals surface area contributed by atoms with E-state index in [0.717, 1.165) is 78.5 Å². The van der Waals surface area contributed by atoms with Gasteiger partial charge >= 0.3 is 0 Å². The predicted octanol–water partition coefficient (Wildman–Crippen LogP) is 4.87. The van der Waals surface area contributed by atoms with Crippen LogP contribution >= 0.6 is 0 Å². The Morgan fingerprint density at radius 2 is 1.90 bits per heavy atom. The van der Waals surface area contributed by atoms with Crippen LogP contribution < -0.4 is 20.7 Å². The van der Waals surface area contributed by atoms with Crippen molar-refractivity contribution in [1.29, 1.82) is 0 Å². The van der Waals surface area contributed by atoms with Crippen LogP contribution in [0.1, 0.15) is 59.9 Å². The maximum Gasteiger partial charge on any atom is 0.253 e. The predicted molar refractivity (Wildman–Crippen MR) is 170 cm³/mol. The van der Waals surface area contributed by atoms with Crippen LogP contribution in [0.5, 0.6) is 0 Å². The molecule has 2 N–H and O–H groups in total. The number of piperazine rings is 1. The number of nitrogens with one attached hydrogen (secondary N) is 2. The Morgan fingerprint density at radius 1 is 1.17 bits per heavy atom. The zero-order chi connectivity index (χ0) is 29.7. The lowest BCUT2D eigenvalue weighted by Crippen LogP contribution is -2.44. The smallest absolute Gasteiger partial charge is 0.253 e. The van der Waals surface area contributed by atoms with Gasteiger partial charge in [-0.1, -0.05) is 26.0 Å². The van der Waals surface area contributed by atoms with Gasteiger partial charge in [-0.25, -0.2) is 4.98 Å². The Bertz CT molecular complexity index is 1450. The number of aromatic nitrogens is 2. The van der Waals surface area contributed by atoms with Crippen LogP contribution in [0.25, 0.3) is 17.2 Å². The normalized spacial score (nSPS) is 13.9. The molecule has 8 heteroatoms. The van der Waals surface area contributed by atoms with E-state index in [9.17, 15) is 9.59 Å². The summed E-state index contributed by atoms with van der Waals surface area (Å²) in [5.41, 5.74) is 6.40. The number of pyridine rings is 2. The van der Waals surface area contributed by atoms with Gasteiger partial charge in [0.15, 0.2) is 0 Å². The molecule has 2 aromatic heterocycles. The van der Waals surface area contributed by atoms with Gasteiger partial charge in [0.25, 0.3) is 11.5 Å². The van der Waals surface area contributed by atoms with Crippen LogP contribution in [0.3, 0.4) is 0 Å². The summed E-state index contributed by atoms with van der Waals surface area (Å²) in [6.07, 6.45) is 5.29. The number of aryl methyl sites for hydroxylation is 2. The molecular formula is C33H44N6O2. The fraction of sp³-hybridized carbons (Fsp3) is 0.424. The number of hydrogen-bond donors (Lipinski definition) is 2. The molecule has 0 bridgehead atoms. The van der Waals surface area contributed by atoms with Gasteiger partial charge in [0.05, 0.1) is 0 Å². The van der Waals surface area contributed by atoms with Crippen molar-refractivity contribution in [3.05, 3.63) is 81.4 Å². The molecule has 4 rings (SSSR count). The van der Waals surface area contributed by atoms with Crippen LogP contribution in [0.4, 0.5) is 11.5 Å². The van der Waals surface area contributed by atoms with E-state index < -0.39 is 0 Å². The van der Waals surface area contributed by atoms with Gasteiger partial charge in [-0.2, -0.15) is 0 Å². The molecule has 41 heavy (non-hydrogen) atoms. The number of aromatic amines is 1. The van der Waals surface area contributed by atoms with E-state index in [-0.39, 0.29) is 24.1 Å². The molecule has 3 aromatic rings. The molecular weight excluding hydrogens is 512 g/mol. The van der Waals surface area contributed by atoms with Gasteiger partial charge < -0.3 is 25.0 Å². The maximum atomic E-state index is 13.8. The van der Waals surface area contributed by atoms with Crippen LogP contribution in [0.2, 0.25) is 0 Å². The number of H-pyrrole nitrogens is 1. The molecule has 1 aliphatic heterocycles. The first-order valence-electron chi connectivity index (χ1n) is 14.6. The van der Waals surface area contributed by atoms with E-state index >= 15 is 0 Å². The highest BCUT2D eigenvalue weighted by Crippen LogP contribution is 2.34. The number of benzene rings is 1. The molecule has 1 aliphatic rings. The molecule has 0 aliphatic carbocycles. The van der Waals surface area contributed by atoms with Crippen molar-refractivity contribution in [2.45, 2.75) is 53.1 Å². The lowest BCUT2D eigenvalue weighted by atomic mass is 9.95. The van der Waals surface area contributed by atoms with Crippen molar-refractivity contribution in [2.24, 2.45) is 0 Å². The summed E-state index contributed by atoms with van der Waals surface area (Å²) in [5, 5.41) is 3.04. The second-order valence-electron chi connectivity index (χ2n) is 11.3. The Kier molecular flexibility index (Phi) is 9.65. The SMILES string of the molecule is C=Cc1c(C(=O)NCc2c(CCC)cc(C)[nH]c2=O)cc(-c2ccnc(N3CCN(C)CC3)c2)cc1N(C)C(C)C. The zero-order valence-corrected chi connectivity index (χ0v) is 25.4. The number of rotatable bonds is 10. The average Bonchev–Trinajstić information content (AvgIpc) is 2.96. The third-order valence-electron chi connectivity index (χ3n) is 7.98. The first kappa shape index (κ1) is 30.1. The van der Waals surface area contributed by atoms with Gasteiger partial charge in [0, 0.05) is 80.1 Å². The molecule has 0 atom stereocenters. The third kappa shape index (κ3) is 6.88. The Balaban J connectivity index is 1.73. The molecule has 1 amide bonds. The average molecular weight is 557 g/mol. The number of likely N-dealkylation sites (N-methyl/N-ethyl adjacent to an activating group) is 1. The van der Waals surface area contributed by atoms with E-state index in [1.54, 1.807) is 6.08 Å². The van der Waals surface area contributed by atoms with Crippen molar-refractivity contribution in [3.8, 4) is 11.1 Å². The number of hydrogen-bond acceptors (Lipinski definition) is 6. The maximum absolute atomic E-state index is 13.8. The minimum Gasteiger partial charge on any atom is -0.372 e. The molecule has 1 fully saturated rings. The molecule has 1 saturated heterocycles. The first-order valence-corrected chi connectivity index (χ1v) is 14.6. The Labute approximate surface area is 244 Å². The minimum absolute atomic E-state index is 0.153. The number of amides is 1. The topological polar surface area (TPSA) is 84.6 Å². The quantitative estimate of drug-likeness (QED) is 0.371. The molecule has 218 valence electrons. The van der Waals surface area contributed by atoms with E-state index in [1.165, 1.54) is 0 Å². The van der Waals surface area contributed by atoms with Crippen molar-refractivity contribution >= 4 is 23.5 Å². The molecule has 0 spiro atoms. The lowest BCUT2D eigenvalue weighted by molar-refractivity contribution is 0.0950. The lowest BCUT2D eigenvalue weighted by Gasteiger charge is -2.33. The fourth-order valence-corrected chi connectivity index (χ4v) is 5.32. The minimum atomic E-state index is -0.240. The van der Waals surface area contributed by atoms with Crippen LogP contribution in [-0.4, -0.2) is 67.1 Å². The highest BCUT2D eigenvalue weighted by molar-refractivity contribution is 6.01. The highest BCUT2D eigenvalue weighted by atomic mass is 16.1. The van der Waals surface area contributed by atoms with Crippen molar-refractivity contribution in [2.75, 3.05) is 50.1 Å². The summed E-state index contributed by atoms with van der Waals surface area (Å²) in [6.45, 7) is 16.3. The van der Waals surface area contributed by atoms with Gasteiger partial charge in [-0.05, 0) is 81.3 Å². The largest absolute Gasteiger partial charge is 0.372 e. The fourth-order valence-electron chi connectivity index (χ4n) is 5.32. The van der Waals surface area contributed by atoms with E-state index in [2.05, 4.69) is 76.5 Å². The van der Waals surface area contributed by atoms with Gasteiger partial charge in [-0.15, -0.1) is 0 Å². The van der Waals surface area contributed by atoms with Crippen molar-refractivity contribution in [1.82, 2.24) is 20.2 Å². The monoisotopic (exact) mass is 556 g/mol. The second-order valence-corrected chi connectivity index (χ2v) is 11.3. The molecule has 0 radical (unpaired) electrons. The van der Waals surface area contributed by atoms with Gasteiger partial charge in [0.1, 0.15) is 5.82 Å². The van der Waals surface area contributed by atoms with E-state index in [0.29, 0.717) is 11.1 Å². The number of carbonyl (C=O) groups excluding carboxylic acids is 1. The van der Waals surface area contributed by atoms with Gasteiger partial charge in [-0.3, -0.25) is 9.59 Å². The summed E-state index contributed by atoms with van der Waals surface area (Å²) in [6, 6.07) is 10.4. The zero-order valence-electron chi connectivity index (χ0n) is 25.4. The summed E-state index contributed by atoms with van der Waals surface area (Å²) in [7, 11) is 4.17. The Hall–Kier alpha value is -3.91. The van der Waals surface area contributed by atoms with Crippen molar-refractivity contribution in [3.63, 3.8) is 0 Å². The Morgan fingerprint density at radius 3 is 2.56 bits per heavy atom. The van der Waals surface area contributed by atoms with Crippen molar-refractivity contribution < 1.29 is 4.79 Å². The molecule has 0 unspecified atom stereocenters. The first-order chi connectivity index (χ1) is 19.6. The number of nitrogens with zero attached hydrogens (tertiary/aromatic N) is 4. The summed E-state index contributed by atoms with van der Waals surface area (Å²) >= 11 is 0. The second kappa shape index (κ2) is 13.2. The van der Waals surface area contributed by atoms with Gasteiger partial charge in [0.2, 0.25) is 0 Å². The van der Waals surface area contributed by atoms with E-state index in [4.69, 9.17) is 0 Å². The molecule has 1 aromatic carbocycles. The van der Waals surface area contributed by atoms with E-state index in [1.807, 2.05) is 38.4 Å².